The highest BCUT2D eigenvalue weighted by atomic mass is 79.9. The van der Waals surface area contributed by atoms with Gasteiger partial charge in [0, 0.05) is 10.2 Å². The molecule has 1 atom stereocenters. The highest BCUT2D eigenvalue weighted by Gasteiger charge is 2.32. The summed E-state index contributed by atoms with van der Waals surface area (Å²) in [7, 11) is 1.60. The van der Waals surface area contributed by atoms with Crippen molar-refractivity contribution in [3.8, 4) is 5.75 Å². The lowest BCUT2D eigenvalue weighted by molar-refractivity contribution is -0.113. The number of ether oxygens (including phenoxy) is 1. The molecule has 37 heavy (non-hydrogen) atoms. The Balaban J connectivity index is 1.67. The molecule has 1 aliphatic heterocycles. The molecule has 5 rings (SSSR count). The minimum absolute atomic E-state index is 0.196. The topological polar surface area (TPSA) is 72.7 Å². The Bertz CT molecular complexity index is 1700. The van der Waals surface area contributed by atoms with Crippen molar-refractivity contribution in [2.45, 2.75) is 19.9 Å². The Labute approximate surface area is 226 Å². The quantitative estimate of drug-likeness (QED) is 0.367. The van der Waals surface area contributed by atoms with Crippen molar-refractivity contribution in [3.05, 3.63) is 125 Å². The van der Waals surface area contributed by atoms with Crippen LogP contribution in [0.2, 0.25) is 0 Å². The Hall–Kier alpha value is -3.75. The van der Waals surface area contributed by atoms with Crippen molar-refractivity contribution in [1.82, 2.24) is 4.57 Å². The van der Waals surface area contributed by atoms with E-state index in [1.165, 1.54) is 11.3 Å². The third-order valence-corrected chi connectivity index (χ3v) is 8.06. The largest absolute Gasteiger partial charge is 0.497 e. The summed E-state index contributed by atoms with van der Waals surface area (Å²) in [4.78, 5) is 32.6. The van der Waals surface area contributed by atoms with Crippen LogP contribution in [-0.2, 0) is 4.79 Å². The number of hydrogen-bond donors (Lipinski definition) is 1. The molecule has 0 unspecified atom stereocenters. The van der Waals surface area contributed by atoms with Crippen molar-refractivity contribution in [2.24, 2.45) is 4.99 Å². The normalized spacial score (nSPS) is 15.2. The summed E-state index contributed by atoms with van der Waals surface area (Å²) in [5.74, 6) is 0.391. The maximum Gasteiger partial charge on any atom is 0.271 e. The third-order valence-electron chi connectivity index (χ3n) is 6.22. The average Bonchev–Trinajstić information content (AvgIpc) is 3.20. The molecule has 1 aliphatic rings. The number of aromatic nitrogens is 1. The van der Waals surface area contributed by atoms with E-state index < -0.39 is 6.04 Å². The van der Waals surface area contributed by atoms with Gasteiger partial charge in [0.2, 0.25) is 0 Å². The maximum atomic E-state index is 13.8. The van der Waals surface area contributed by atoms with Crippen LogP contribution >= 0.6 is 27.3 Å². The number of anilines is 1. The minimum atomic E-state index is -0.641. The summed E-state index contributed by atoms with van der Waals surface area (Å²) in [6, 6.07) is 22.0. The zero-order valence-corrected chi connectivity index (χ0v) is 22.9. The molecule has 0 radical (unpaired) electrons. The van der Waals surface area contributed by atoms with E-state index in [1.807, 2.05) is 92.7 Å². The fourth-order valence-electron chi connectivity index (χ4n) is 4.28. The number of benzene rings is 3. The first-order valence-electron chi connectivity index (χ1n) is 11.6. The number of rotatable bonds is 5. The molecule has 0 aliphatic carbocycles. The monoisotopic (exact) mass is 573 g/mol. The number of aryl methyl sites for hydroxylation is 1. The van der Waals surface area contributed by atoms with E-state index in [2.05, 4.69) is 21.2 Å². The van der Waals surface area contributed by atoms with Crippen LogP contribution in [0.1, 0.15) is 29.7 Å². The number of hydrogen-bond acceptors (Lipinski definition) is 5. The van der Waals surface area contributed by atoms with Gasteiger partial charge >= 0.3 is 0 Å². The van der Waals surface area contributed by atoms with Crippen molar-refractivity contribution < 1.29 is 9.53 Å². The average molecular weight is 575 g/mol. The molecule has 0 bridgehead atoms. The zero-order chi connectivity index (χ0) is 26.1. The van der Waals surface area contributed by atoms with Gasteiger partial charge < -0.3 is 10.1 Å². The Morgan fingerprint density at radius 2 is 1.81 bits per heavy atom. The Kier molecular flexibility index (Phi) is 6.95. The minimum Gasteiger partial charge on any atom is -0.497 e. The van der Waals surface area contributed by atoms with Gasteiger partial charge in [-0.25, -0.2) is 4.99 Å². The van der Waals surface area contributed by atoms with E-state index in [9.17, 15) is 9.59 Å². The number of halogens is 1. The molecular formula is C29H24BrN3O3S. The molecule has 1 aromatic heterocycles. The van der Waals surface area contributed by atoms with E-state index in [0.717, 1.165) is 21.2 Å². The van der Waals surface area contributed by atoms with Gasteiger partial charge in [-0.1, -0.05) is 69.7 Å². The summed E-state index contributed by atoms with van der Waals surface area (Å²) < 4.78 is 8.47. The van der Waals surface area contributed by atoms with E-state index in [1.54, 1.807) is 11.7 Å². The zero-order valence-electron chi connectivity index (χ0n) is 20.5. The molecule has 4 aromatic rings. The molecule has 186 valence electrons. The van der Waals surface area contributed by atoms with E-state index in [0.29, 0.717) is 32.0 Å². The van der Waals surface area contributed by atoms with Crippen molar-refractivity contribution in [3.63, 3.8) is 0 Å². The maximum absolute atomic E-state index is 13.8. The fourth-order valence-corrected chi connectivity index (χ4v) is 5.73. The summed E-state index contributed by atoms with van der Waals surface area (Å²) in [5, 5.41) is 2.97. The van der Waals surface area contributed by atoms with Gasteiger partial charge in [0.1, 0.15) is 5.75 Å². The number of allylic oxidation sites excluding steroid dienone is 1. The van der Waals surface area contributed by atoms with Crippen molar-refractivity contribution in [2.75, 3.05) is 12.4 Å². The van der Waals surface area contributed by atoms with Crippen LogP contribution in [0.15, 0.2) is 98.3 Å². The molecule has 1 amide bonds. The predicted molar refractivity (Wildman–Crippen MR) is 151 cm³/mol. The SMILES string of the molecule is COc1ccc([C@@H]2C(C(=O)Nc3ccccc3)=C(C)N=c3s/c(=C/c4ccc(C)c(Br)c4)c(=O)n32)cc1. The van der Waals surface area contributed by atoms with Crippen LogP contribution in [0.5, 0.6) is 5.75 Å². The lowest BCUT2D eigenvalue weighted by Crippen LogP contribution is -2.40. The van der Waals surface area contributed by atoms with Gasteiger partial charge in [-0.15, -0.1) is 0 Å². The number of nitrogens with zero attached hydrogens (tertiary/aromatic N) is 2. The Morgan fingerprint density at radius 1 is 1.08 bits per heavy atom. The van der Waals surface area contributed by atoms with Gasteiger partial charge in [0.05, 0.1) is 29.0 Å². The lowest BCUT2D eigenvalue weighted by Gasteiger charge is -2.25. The molecule has 0 fully saturated rings. The summed E-state index contributed by atoms with van der Waals surface area (Å²) >= 11 is 4.88. The third kappa shape index (κ3) is 4.95. The van der Waals surface area contributed by atoms with Crippen LogP contribution in [0.4, 0.5) is 5.69 Å². The first kappa shape index (κ1) is 24.9. The highest BCUT2D eigenvalue weighted by Crippen LogP contribution is 2.31. The summed E-state index contributed by atoms with van der Waals surface area (Å²) in [6.07, 6.45) is 1.86. The summed E-state index contributed by atoms with van der Waals surface area (Å²) in [6.45, 7) is 3.83. The van der Waals surface area contributed by atoms with Gasteiger partial charge in [-0.2, -0.15) is 0 Å². The fraction of sp³-hybridized carbons (Fsp3) is 0.138. The van der Waals surface area contributed by atoms with Gasteiger partial charge in [-0.3, -0.25) is 14.2 Å². The lowest BCUT2D eigenvalue weighted by atomic mass is 9.95. The number of fused-ring (bicyclic) bond motifs is 1. The molecule has 1 N–H and O–H groups in total. The van der Waals surface area contributed by atoms with Crippen LogP contribution in [-0.4, -0.2) is 17.6 Å². The molecule has 0 saturated carbocycles. The van der Waals surface area contributed by atoms with Crippen LogP contribution in [0.25, 0.3) is 6.08 Å². The van der Waals surface area contributed by atoms with E-state index >= 15 is 0 Å². The molecule has 0 saturated heterocycles. The number of amides is 1. The number of carbonyl (C=O) groups is 1. The molecule has 0 spiro atoms. The highest BCUT2D eigenvalue weighted by molar-refractivity contribution is 9.10. The molecular weight excluding hydrogens is 550 g/mol. The number of carbonyl (C=O) groups excluding carboxylic acids is 1. The predicted octanol–water partition coefficient (Wildman–Crippen LogP) is 4.95. The first-order valence-corrected chi connectivity index (χ1v) is 13.3. The Morgan fingerprint density at radius 3 is 2.49 bits per heavy atom. The van der Waals surface area contributed by atoms with E-state index in [4.69, 9.17) is 9.73 Å². The summed E-state index contributed by atoms with van der Waals surface area (Å²) in [5.41, 5.74) is 4.28. The number of para-hydroxylation sites is 1. The van der Waals surface area contributed by atoms with Crippen LogP contribution < -0.4 is 24.9 Å². The first-order chi connectivity index (χ1) is 17.9. The smallest absolute Gasteiger partial charge is 0.271 e. The standard InChI is InChI=1S/C29H24BrN3O3S/c1-17-9-10-19(15-23(17)30)16-24-28(35)33-26(20-11-13-22(36-3)14-12-20)25(18(2)31-29(33)37-24)27(34)32-21-7-5-4-6-8-21/h4-16,26H,1-3H3,(H,32,34)/b24-16+/t26-/m1/s1. The molecule has 2 heterocycles. The molecule has 8 heteroatoms. The number of nitrogens with one attached hydrogen (secondary N) is 1. The second-order valence-electron chi connectivity index (χ2n) is 8.68. The second kappa shape index (κ2) is 10.3. The molecule has 3 aromatic carbocycles. The van der Waals surface area contributed by atoms with Gasteiger partial charge in [0.15, 0.2) is 4.80 Å². The van der Waals surface area contributed by atoms with Crippen LogP contribution in [0.3, 0.4) is 0 Å². The van der Waals surface area contributed by atoms with E-state index in [-0.39, 0.29) is 11.5 Å². The van der Waals surface area contributed by atoms with Crippen LogP contribution in [0, 0.1) is 6.92 Å². The van der Waals surface area contributed by atoms with Crippen molar-refractivity contribution >= 4 is 44.9 Å². The molecule has 6 nitrogen and oxygen atoms in total. The number of thiazole rings is 1. The van der Waals surface area contributed by atoms with Gasteiger partial charge in [0.25, 0.3) is 11.5 Å². The van der Waals surface area contributed by atoms with Crippen molar-refractivity contribution in [1.29, 1.82) is 0 Å². The second-order valence-corrected chi connectivity index (χ2v) is 10.5. The van der Waals surface area contributed by atoms with Gasteiger partial charge in [-0.05, 0) is 66.9 Å². The number of methoxy groups -OCH3 is 1.